The first kappa shape index (κ1) is 18.5. The molecule has 1 atom stereocenters. The Hall–Kier alpha value is -1.57. The molecule has 0 radical (unpaired) electrons. The Bertz CT molecular complexity index is 558. The van der Waals surface area contributed by atoms with Gasteiger partial charge in [0, 0.05) is 0 Å². The molecule has 0 saturated carbocycles. The lowest BCUT2D eigenvalue weighted by molar-refractivity contribution is -0.142. The Morgan fingerprint density at radius 3 is 2.45 bits per heavy atom. The zero-order valence-corrected chi connectivity index (χ0v) is 12.7. The van der Waals surface area contributed by atoms with Gasteiger partial charge in [0.05, 0.1) is 12.2 Å². The van der Waals surface area contributed by atoms with Crippen LogP contribution in [0.4, 0.5) is 17.6 Å². The average molecular weight is 338 g/mol. The molecule has 0 amide bonds. The molecule has 3 nitrogen and oxygen atoms in total. The SMILES string of the molecule is CCOC(=O)C(Cc1ccc(C)cc1C(=O)F)SC(F)(F)F. The molecule has 0 N–H and O–H groups in total. The molecule has 1 rings (SSSR count). The first-order valence-electron chi connectivity index (χ1n) is 6.34. The Morgan fingerprint density at radius 1 is 1.32 bits per heavy atom. The minimum Gasteiger partial charge on any atom is -0.465 e. The van der Waals surface area contributed by atoms with Crippen molar-refractivity contribution in [2.75, 3.05) is 6.61 Å². The number of alkyl halides is 3. The van der Waals surface area contributed by atoms with Crippen LogP contribution in [0.1, 0.15) is 28.4 Å². The number of halogens is 4. The number of hydrogen-bond acceptors (Lipinski definition) is 4. The van der Waals surface area contributed by atoms with Crippen molar-refractivity contribution >= 4 is 23.8 Å². The monoisotopic (exact) mass is 338 g/mol. The van der Waals surface area contributed by atoms with Gasteiger partial charge in [-0.15, -0.1) is 0 Å². The molecular weight excluding hydrogens is 324 g/mol. The molecule has 8 heteroatoms. The average Bonchev–Trinajstić information content (AvgIpc) is 2.38. The molecule has 1 aromatic rings. The molecule has 0 heterocycles. The van der Waals surface area contributed by atoms with E-state index >= 15 is 0 Å². The van der Waals surface area contributed by atoms with Gasteiger partial charge in [-0.1, -0.05) is 17.7 Å². The maximum Gasteiger partial charge on any atom is 0.442 e. The molecule has 0 aromatic heterocycles. The highest BCUT2D eigenvalue weighted by Crippen LogP contribution is 2.36. The summed E-state index contributed by atoms with van der Waals surface area (Å²) in [6.07, 6.45) is -0.450. The predicted molar refractivity (Wildman–Crippen MR) is 74.4 cm³/mol. The summed E-state index contributed by atoms with van der Waals surface area (Å²) in [5.74, 6) is -1.05. The van der Waals surface area contributed by atoms with Crippen molar-refractivity contribution in [3.63, 3.8) is 0 Å². The van der Waals surface area contributed by atoms with E-state index in [9.17, 15) is 27.2 Å². The van der Waals surface area contributed by atoms with E-state index in [1.165, 1.54) is 25.1 Å². The topological polar surface area (TPSA) is 43.4 Å². The molecule has 0 spiro atoms. The fraction of sp³-hybridized carbons (Fsp3) is 0.429. The van der Waals surface area contributed by atoms with Crippen LogP contribution in [0.5, 0.6) is 0 Å². The Kier molecular flexibility index (Phi) is 6.40. The van der Waals surface area contributed by atoms with Crippen molar-refractivity contribution in [2.24, 2.45) is 0 Å². The minimum absolute atomic E-state index is 0.0351. The van der Waals surface area contributed by atoms with E-state index in [1.807, 2.05) is 0 Å². The molecule has 0 aliphatic carbocycles. The number of carbonyl (C=O) groups excluding carboxylic acids is 2. The molecule has 0 saturated heterocycles. The highest BCUT2D eigenvalue weighted by atomic mass is 32.2. The quantitative estimate of drug-likeness (QED) is 0.449. The number of ether oxygens (including phenoxy) is 1. The van der Waals surface area contributed by atoms with Gasteiger partial charge in [0.15, 0.2) is 0 Å². The Labute approximate surface area is 129 Å². The molecule has 22 heavy (non-hydrogen) atoms. The number of aryl methyl sites for hydroxylation is 1. The standard InChI is InChI=1S/C14H14F4O3S/c1-3-21-13(20)11(22-14(16,17)18)7-9-5-4-8(2)6-10(9)12(15)19/h4-6,11H,3,7H2,1-2H3. The van der Waals surface area contributed by atoms with Crippen molar-refractivity contribution in [3.8, 4) is 0 Å². The summed E-state index contributed by atoms with van der Waals surface area (Å²) in [6, 6.07) is 2.35. The lowest BCUT2D eigenvalue weighted by Gasteiger charge is -2.17. The van der Waals surface area contributed by atoms with E-state index in [2.05, 4.69) is 4.74 Å². The van der Waals surface area contributed by atoms with E-state index in [4.69, 9.17) is 0 Å². The first-order valence-corrected chi connectivity index (χ1v) is 7.22. The third kappa shape index (κ3) is 5.67. The van der Waals surface area contributed by atoms with E-state index < -0.39 is 40.9 Å². The van der Waals surface area contributed by atoms with Crippen molar-refractivity contribution in [1.82, 2.24) is 0 Å². The first-order chi connectivity index (χ1) is 10.1. The number of thioether (sulfide) groups is 1. The van der Waals surface area contributed by atoms with Crippen LogP contribution in [0.15, 0.2) is 18.2 Å². The summed E-state index contributed by atoms with van der Waals surface area (Å²) in [7, 11) is 0. The molecule has 0 fully saturated rings. The van der Waals surface area contributed by atoms with Crippen LogP contribution in [0.3, 0.4) is 0 Å². The van der Waals surface area contributed by atoms with Crippen LogP contribution in [-0.2, 0) is 16.0 Å². The van der Waals surface area contributed by atoms with Crippen LogP contribution in [-0.4, -0.2) is 29.4 Å². The fourth-order valence-corrected chi connectivity index (χ4v) is 2.57. The third-order valence-electron chi connectivity index (χ3n) is 2.71. The molecule has 122 valence electrons. The number of carbonyl (C=O) groups is 2. The van der Waals surface area contributed by atoms with Crippen molar-refractivity contribution in [3.05, 3.63) is 34.9 Å². The summed E-state index contributed by atoms with van der Waals surface area (Å²) >= 11 is -0.539. The number of benzene rings is 1. The zero-order chi connectivity index (χ0) is 16.9. The zero-order valence-electron chi connectivity index (χ0n) is 11.9. The molecule has 0 aliphatic heterocycles. The van der Waals surface area contributed by atoms with E-state index in [-0.39, 0.29) is 17.7 Å². The second-order valence-electron chi connectivity index (χ2n) is 4.44. The maximum atomic E-state index is 13.0. The lowest BCUT2D eigenvalue weighted by atomic mass is 10.0. The van der Waals surface area contributed by atoms with Crippen molar-refractivity contribution in [1.29, 1.82) is 0 Å². The van der Waals surface area contributed by atoms with Gasteiger partial charge in [-0.2, -0.15) is 17.6 Å². The normalized spacial score (nSPS) is 12.8. The lowest BCUT2D eigenvalue weighted by Crippen LogP contribution is -2.27. The predicted octanol–water partition coefficient (Wildman–Crippen LogP) is 3.83. The highest BCUT2D eigenvalue weighted by molar-refractivity contribution is 8.01. The minimum atomic E-state index is -4.65. The molecule has 1 unspecified atom stereocenters. The molecular formula is C14H14F4O3S. The summed E-state index contributed by atoms with van der Waals surface area (Å²) in [6.45, 7) is 3.01. The van der Waals surface area contributed by atoms with E-state index in [1.54, 1.807) is 6.92 Å². The molecule has 0 aliphatic rings. The summed E-state index contributed by atoms with van der Waals surface area (Å²) in [5, 5.41) is -1.60. The summed E-state index contributed by atoms with van der Waals surface area (Å²) < 4.78 is 55.3. The summed E-state index contributed by atoms with van der Waals surface area (Å²) in [4.78, 5) is 22.6. The van der Waals surface area contributed by atoms with Gasteiger partial charge >= 0.3 is 17.5 Å². The van der Waals surface area contributed by atoms with Crippen LogP contribution in [0.2, 0.25) is 0 Å². The van der Waals surface area contributed by atoms with Gasteiger partial charge in [0.2, 0.25) is 0 Å². The van der Waals surface area contributed by atoms with Gasteiger partial charge in [-0.25, -0.2) is 0 Å². The van der Waals surface area contributed by atoms with Gasteiger partial charge < -0.3 is 4.74 Å². The fourth-order valence-electron chi connectivity index (χ4n) is 1.82. The van der Waals surface area contributed by atoms with Crippen LogP contribution >= 0.6 is 11.8 Å². The maximum absolute atomic E-state index is 13.0. The third-order valence-corrected chi connectivity index (χ3v) is 3.62. The van der Waals surface area contributed by atoms with Gasteiger partial charge in [0.25, 0.3) is 0 Å². The van der Waals surface area contributed by atoms with Crippen LogP contribution in [0, 0.1) is 6.92 Å². The van der Waals surface area contributed by atoms with Gasteiger partial charge in [-0.3, -0.25) is 9.59 Å². The molecule has 0 bridgehead atoms. The molecule has 1 aromatic carbocycles. The second kappa shape index (κ2) is 7.62. The van der Waals surface area contributed by atoms with Crippen LogP contribution < -0.4 is 0 Å². The van der Waals surface area contributed by atoms with Crippen molar-refractivity contribution < 1.29 is 31.9 Å². The van der Waals surface area contributed by atoms with Crippen LogP contribution in [0.25, 0.3) is 0 Å². The van der Waals surface area contributed by atoms with Crippen molar-refractivity contribution in [2.45, 2.75) is 31.0 Å². The van der Waals surface area contributed by atoms with E-state index in [0.29, 0.717) is 5.56 Å². The number of esters is 1. The second-order valence-corrected chi connectivity index (χ2v) is 5.71. The largest absolute Gasteiger partial charge is 0.465 e. The van der Waals surface area contributed by atoms with Gasteiger partial charge in [0.1, 0.15) is 5.25 Å². The van der Waals surface area contributed by atoms with E-state index in [0.717, 1.165) is 0 Å². The Balaban J connectivity index is 3.08. The summed E-state index contributed by atoms with van der Waals surface area (Å²) in [5.41, 5.74) is -4.37. The number of hydrogen-bond donors (Lipinski definition) is 0. The number of rotatable bonds is 6. The Morgan fingerprint density at radius 2 is 1.95 bits per heavy atom. The highest BCUT2D eigenvalue weighted by Gasteiger charge is 2.37. The van der Waals surface area contributed by atoms with Gasteiger partial charge in [-0.05, 0) is 43.7 Å². The smallest absolute Gasteiger partial charge is 0.442 e.